The molecule has 0 saturated carbocycles. The number of anilines is 2. The topological polar surface area (TPSA) is 109 Å². The van der Waals surface area contributed by atoms with Gasteiger partial charge in [0.1, 0.15) is 17.2 Å². The number of furan rings is 2. The molecule has 0 atom stereocenters. The number of nitrogens with one attached hydrogen (secondary N) is 2. The van der Waals surface area contributed by atoms with Gasteiger partial charge in [-0.1, -0.05) is 18.2 Å². The van der Waals surface area contributed by atoms with E-state index in [2.05, 4.69) is 20.9 Å². The highest BCUT2D eigenvalue weighted by molar-refractivity contribution is 6.05. The minimum absolute atomic E-state index is 0.356. The monoisotopic (exact) mass is 452 g/mol. The van der Waals surface area contributed by atoms with Gasteiger partial charge in [0.15, 0.2) is 0 Å². The van der Waals surface area contributed by atoms with E-state index in [1.54, 1.807) is 54.6 Å². The number of carbonyl (C=O) groups is 2. The van der Waals surface area contributed by atoms with Gasteiger partial charge < -0.3 is 19.5 Å². The van der Waals surface area contributed by atoms with Gasteiger partial charge in [-0.2, -0.15) is 5.11 Å². The lowest BCUT2D eigenvalue weighted by molar-refractivity contribution is -0.112. The van der Waals surface area contributed by atoms with Crippen LogP contribution in [0.25, 0.3) is 12.2 Å². The second-order valence-electron chi connectivity index (χ2n) is 6.94. The molecule has 0 spiro atoms. The fourth-order valence-corrected chi connectivity index (χ4v) is 2.85. The Morgan fingerprint density at radius 1 is 0.706 bits per heavy atom. The lowest BCUT2D eigenvalue weighted by atomic mass is 10.2. The highest BCUT2D eigenvalue weighted by Gasteiger charge is 2.08. The fraction of sp³-hybridized carbons (Fsp3) is 0. The lowest BCUT2D eigenvalue weighted by Gasteiger charge is -2.09. The van der Waals surface area contributed by atoms with Crippen molar-refractivity contribution >= 4 is 46.7 Å². The van der Waals surface area contributed by atoms with E-state index in [4.69, 9.17) is 8.83 Å². The third-order valence-corrected chi connectivity index (χ3v) is 4.44. The third kappa shape index (κ3) is 6.51. The Morgan fingerprint density at radius 3 is 1.97 bits per heavy atom. The maximum Gasteiger partial charge on any atom is 0.248 e. The lowest BCUT2D eigenvalue weighted by Crippen LogP contribution is -2.10. The standard InChI is InChI=1S/C26H20N4O4/c31-25(14-11-21-8-4-16-33-21)27-20-10-13-23(30-29-19-6-2-1-3-7-19)24(18-20)28-26(32)15-12-22-9-5-17-34-22/h1-18H,(H,27,31)(H,28,32)/b14-11+,15-12+,30-29?. The van der Waals surface area contributed by atoms with E-state index in [1.807, 2.05) is 30.3 Å². The maximum absolute atomic E-state index is 12.5. The van der Waals surface area contributed by atoms with Crippen molar-refractivity contribution < 1.29 is 18.4 Å². The molecule has 2 aromatic heterocycles. The van der Waals surface area contributed by atoms with Gasteiger partial charge in [-0.05, 0) is 66.7 Å². The van der Waals surface area contributed by atoms with Crippen molar-refractivity contribution in [1.82, 2.24) is 0 Å². The molecule has 0 saturated heterocycles. The highest BCUT2D eigenvalue weighted by atomic mass is 16.3. The molecule has 0 aliphatic rings. The Kier molecular flexibility index (Phi) is 7.22. The van der Waals surface area contributed by atoms with Crippen LogP contribution in [0.1, 0.15) is 11.5 Å². The van der Waals surface area contributed by atoms with Crippen LogP contribution >= 0.6 is 0 Å². The molecule has 0 aliphatic carbocycles. The van der Waals surface area contributed by atoms with Crippen LogP contribution in [-0.2, 0) is 9.59 Å². The molecule has 2 N–H and O–H groups in total. The Hall–Kier alpha value is -4.98. The molecule has 168 valence electrons. The van der Waals surface area contributed by atoms with Crippen LogP contribution in [0.5, 0.6) is 0 Å². The smallest absolute Gasteiger partial charge is 0.248 e. The van der Waals surface area contributed by atoms with Crippen molar-refractivity contribution in [2.24, 2.45) is 10.2 Å². The average Bonchev–Trinajstić information content (AvgIpc) is 3.56. The molecular weight excluding hydrogens is 432 g/mol. The van der Waals surface area contributed by atoms with Crippen LogP contribution in [0, 0.1) is 0 Å². The third-order valence-electron chi connectivity index (χ3n) is 4.44. The van der Waals surface area contributed by atoms with E-state index in [9.17, 15) is 9.59 Å². The van der Waals surface area contributed by atoms with Crippen molar-refractivity contribution in [3.63, 3.8) is 0 Å². The summed E-state index contributed by atoms with van der Waals surface area (Å²) in [6, 6.07) is 21.1. The number of azo groups is 1. The van der Waals surface area contributed by atoms with Gasteiger partial charge >= 0.3 is 0 Å². The molecule has 4 aromatic rings. The molecule has 2 aromatic carbocycles. The summed E-state index contributed by atoms with van der Waals surface area (Å²) in [6.45, 7) is 0. The van der Waals surface area contributed by atoms with Crippen molar-refractivity contribution in [2.75, 3.05) is 10.6 Å². The largest absolute Gasteiger partial charge is 0.465 e. The molecule has 0 aliphatic heterocycles. The van der Waals surface area contributed by atoms with Crippen LogP contribution in [0.4, 0.5) is 22.7 Å². The van der Waals surface area contributed by atoms with Crippen molar-refractivity contribution in [2.45, 2.75) is 0 Å². The van der Waals surface area contributed by atoms with Crippen LogP contribution in [0.3, 0.4) is 0 Å². The zero-order valence-electron chi connectivity index (χ0n) is 17.9. The minimum Gasteiger partial charge on any atom is -0.465 e. The van der Waals surface area contributed by atoms with Crippen molar-refractivity contribution in [1.29, 1.82) is 0 Å². The van der Waals surface area contributed by atoms with E-state index in [0.29, 0.717) is 34.3 Å². The first kappa shape index (κ1) is 22.2. The van der Waals surface area contributed by atoms with E-state index >= 15 is 0 Å². The molecule has 8 heteroatoms. The summed E-state index contributed by atoms with van der Waals surface area (Å²) >= 11 is 0. The van der Waals surface area contributed by atoms with E-state index in [0.717, 1.165) is 0 Å². The SMILES string of the molecule is O=C(/C=C/c1ccco1)Nc1ccc(N=Nc2ccccc2)c(NC(=O)/C=C/c2ccco2)c1. The molecule has 4 rings (SSSR count). The van der Waals surface area contributed by atoms with Gasteiger partial charge in [0.25, 0.3) is 0 Å². The predicted molar refractivity (Wildman–Crippen MR) is 130 cm³/mol. The van der Waals surface area contributed by atoms with Gasteiger partial charge in [0.2, 0.25) is 11.8 Å². The summed E-state index contributed by atoms with van der Waals surface area (Å²) in [5, 5.41) is 14.0. The van der Waals surface area contributed by atoms with Crippen LogP contribution in [0.2, 0.25) is 0 Å². The average molecular weight is 452 g/mol. The molecule has 2 heterocycles. The Balaban J connectivity index is 1.53. The maximum atomic E-state index is 12.5. The first-order valence-corrected chi connectivity index (χ1v) is 10.3. The summed E-state index contributed by atoms with van der Waals surface area (Å²) in [6.07, 6.45) is 8.84. The summed E-state index contributed by atoms with van der Waals surface area (Å²) in [4.78, 5) is 24.8. The van der Waals surface area contributed by atoms with Gasteiger partial charge in [-0.3, -0.25) is 9.59 Å². The van der Waals surface area contributed by atoms with Crippen molar-refractivity contribution in [3.05, 3.63) is 109 Å². The zero-order valence-corrected chi connectivity index (χ0v) is 17.9. The Labute approximate surface area is 195 Å². The van der Waals surface area contributed by atoms with Crippen LogP contribution in [-0.4, -0.2) is 11.8 Å². The molecule has 34 heavy (non-hydrogen) atoms. The molecular formula is C26H20N4O4. The van der Waals surface area contributed by atoms with E-state index < -0.39 is 5.91 Å². The molecule has 0 radical (unpaired) electrons. The van der Waals surface area contributed by atoms with Crippen molar-refractivity contribution in [3.8, 4) is 0 Å². The quantitative estimate of drug-likeness (QED) is 0.232. The highest BCUT2D eigenvalue weighted by Crippen LogP contribution is 2.30. The van der Waals surface area contributed by atoms with Gasteiger partial charge in [-0.15, -0.1) is 5.11 Å². The summed E-state index contributed by atoms with van der Waals surface area (Å²) < 4.78 is 10.4. The summed E-state index contributed by atoms with van der Waals surface area (Å²) in [7, 11) is 0. The van der Waals surface area contributed by atoms with Gasteiger partial charge in [-0.25, -0.2) is 0 Å². The first-order valence-electron chi connectivity index (χ1n) is 10.3. The van der Waals surface area contributed by atoms with Crippen LogP contribution < -0.4 is 10.6 Å². The normalized spacial score (nSPS) is 11.4. The van der Waals surface area contributed by atoms with Gasteiger partial charge in [0, 0.05) is 17.8 Å². The minimum atomic E-state index is -0.395. The summed E-state index contributed by atoms with van der Waals surface area (Å²) in [5.74, 6) is 0.352. The molecule has 8 nitrogen and oxygen atoms in total. The van der Waals surface area contributed by atoms with E-state index in [1.165, 1.54) is 24.7 Å². The molecule has 0 bridgehead atoms. The second kappa shape index (κ2) is 11.1. The molecule has 0 fully saturated rings. The van der Waals surface area contributed by atoms with Crippen LogP contribution in [0.15, 0.2) is 117 Å². The molecule has 2 amide bonds. The molecule has 0 unspecified atom stereocenters. The number of carbonyl (C=O) groups excluding carboxylic acids is 2. The number of nitrogens with zero attached hydrogens (tertiary/aromatic N) is 2. The predicted octanol–water partition coefficient (Wildman–Crippen LogP) is 6.59. The first-order chi connectivity index (χ1) is 16.7. The Morgan fingerprint density at radius 2 is 1.35 bits per heavy atom. The number of amides is 2. The summed E-state index contributed by atoms with van der Waals surface area (Å²) in [5.41, 5.74) is 1.94. The number of benzene rings is 2. The van der Waals surface area contributed by atoms with E-state index in [-0.39, 0.29) is 5.91 Å². The second-order valence-corrected chi connectivity index (χ2v) is 6.94. The van der Waals surface area contributed by atoms with Gasteiger partial charge in [0.05, 0.1) is 23.9 Å². The number of hydrogen-bond acceptors (Lipinski definition) is 6. The zero-order chi connectivity index (χ0) is 23.6. The fourth-order valence-electron chi connectivity index (χ4n) is 2.85. The number of hydrogen-bond donors (Lipinski definition) is 2. The Bertz CT molecular complexity index is 1320. The number of rotatable bonds is 8.